The molecule has 0 aromatic carbocycles. The molecule has 1 aromatic rings. The van der Waals surface area contributed by atoms with E-state index in [0.717, 1.165) is 5.56 Å². The number of nitrogens with zero attached hydrogens (tertiary/aromatic N) is 1. The molecular weight excluding hydrogens is 234 g/mol. The summed E-state index contributed by atoms with van der Waals surface area (Å²) < 4.78 is 0. The number of carbonyl (C=O) groups excluding carboxylic acids is 1. The van der Waals surface area contributed by atoms with Crippen molar-refractivity contribution in [3.05, 3.63) is 24.0 Å². The summed E-state index contributed by atoms with van der Waals surface area (Å²) in [5, 5.41) is 2.79. The molecule has 17 heavy (non-hydrogen) atoms. The largest absolute Gasteiger partial charge is 0.392 e. The van der Waals surface area contributed by atoms with E-state index in [0.29, 0.717) is 12.1 Å². The van der Waals surface area contributed by atoms with Gasteiger partial charge < -0.3 is 11.1 Å². The first kappa shape index (κ1) is 13.6. The summed E-state index contributed by atoms with van der Waals surface area (Å²) >= 11 is 4.95. The molecule has 0 fully saturated rings. The smallest absolute Gasteiger partial charge is 0.237 e. The second-order valence-electron chi connectivity index (χ2n) is 4.26. The van der Waals surface area contributed by atoms with E-state index >= 15 is 0 Å². The van der Waals surface area contributed by atoms with E-state index in [1.165, 1.54) is 0 Å². The van der Waals surface area contributed by atoms with Gasteiger partial charge in [0.05, 0.1) is 22.3 Å². The van der Waals surface area contributed by atoms with E-state index in [2.05, 4.69) is 10.3 Å². The first-order chi connectivity index (χ1) is 7.90. The Hall–Kier alpha value is -1.49. The molecule has 0 radical (unpaired) electrons. The van der Waals surface area contributed by atoms with Crippen LogP contribution in [0.2, 0.25) is 0 Å². The van der Waals surface area contributed by atoms with E-state index in [1.54, 1.807) is 19.3 Å². The van der Waals surface area contributed by atoms with Gasteiger partial charge in [0.15, 0.2) is 0 Å². The fraction of sp³-hybridized carbons (Fsp3) is 0.417. The molecule has 0 aliphatic rings. The predicted octanol–water partition coefficient (Wildman–Crippen LogP) is 2.03. The zero-order chi connectivity index (χ0) is 13.1. The molecule has 1 rings (SSSR count). The van der Waals surface area contributed by atoms with Crippen molar-refractivity contribution in [2.24, 2.45) is 11.1 Å². The molecule has 1 aromatic heterocycles. The van der Waals surface area contributed by atoms with Gasteiger partial charge in [-0.15, -0.1) is 0 Å². The van der Waals surface area contributed by atoms with E-state index in [4.69, 9.17) is 18.0 Å². The zero-order valence-electron chi connectivity index (χ0n) is 10.3. The minimum atomic E-state index is -0.820. The monoisotopic (exact) mass is 251 g/mol. The highest BCUT2D eigenvalue weighted by Crippen LogP contribution is 2.24. The highest BCUT2D eigenvalue weighted by molar-refractivity contribution is 7.80. The Labute approximate surface area is 107 Å². The highest BCUT2D eigenvalue weighted by atomic mass is 32.1. The van der Waals surface area contributed by atoms with Crippen molar-refractivity contribution in [2.75, 3.05) is 5.32 Å². The molecule has 0 spiro atoms. The maximum atomic E-state index is 12.1. The van der Waals surface area contributed by atoms with Gasteiger partial charge in [-0.2, -0.15) is 0 Å². The van der Waals surface area contributed by atoms with E-state index < -0.39 is 5.41 Å². The van der Waals surface area contributed by atoms with Crippen LogP contribution in [0.3, 0.4) is 0 Å². The molecule has 3 N–H and O–H groups in total. The number of aromatic nitrogens is 1. The van der Waals surface area contributed by atoms with Gasteiger partial charge in [-0.25, -0.2) is 0 Å². The molecule has 1 atom stereocenters. The van der Waals surface area contributed by atoms with Gasteiger partial charge in [0.1, 0.15) is 0 Å². The minimum absolute atomic E-state index is 0.195. The van der Waals surface area contributed by atoms with E-state index in [-0.39, 0.29) is 10.9 Å². The van der Waals surface area contributed by atoms with Crippen LogP contribution in [-0.4, -0.2) is 15.9 Å². The van der Waals surface area contributed by atoms with Gasteiger partial charge in [-0.05, 0) is 31.9 Å². The van der Waals surface area contributed by atoms with Gasteiger partial charge in [-0.1, -0.05) is 19.1 Å². The van der Waals surface area contributed by atoms with Gasteiger partial charge in [-0.3, -0.25) is 9.78 Å². The zero-order valence-corrected chi connectivity index (χ0v) is 11.1. The standard InChI is InChI=1S/C12H17N3OS/c1-4-12(3,10(13)17)11(16)15-9-5-8(2)6-14-7-9/h5-7H,4H2,1-3H3,(H2,13,17)(H,15,16). The minimum Gasteiger partial charge on any atom is -0.392 e. The molecule has 1 heterocycles. The number of anilines is 1. The third kappa shape index (κ3) is 3.00. The second-order valence-corrected chi connectivity index (χ2v) is 4.69. The highest BCUT2D eigenvalue weighted by Gasteiger charge is 2.34. The van der Waals surface area contributed by atoms with Crippen LogP contribution in [0.25, 0.3) is 0 Å². The number of aryl methyl sites for hydroxylation is 1. The Morgan fingerprint density at radius 3 is 2.71 bits per heavy atom. The van der Waals surface area contributed by atoms with Crippen LogP contribution in [0.4, 0.5) is 5.69 Å². The number of hydrogen-bond donors (Lipinski definition) is 2. The van der Waals surface area contributed by atoms with E-state index in [9.17, 15) is 4.79 Å². The lowest BCUT2D eigenvalue weighted by molar-refractivity contribution is -0.121. The van der Waals surface area contributed by atoms with Crippen LogP contribution in [0, 0.1) is 12.3 Å². The summed E-state index contributed by atoms with van der Waals surface area (Å²) in [5.74, 6) is -0.195. The van der Waals surface area contributed by atoms with Crippen LogP contribution >= 0.6 is 12.2 Å². The van der Waals surface area contributed by atoms with Crippen LogP contribution in [0.15, 0.2) is 18.5 Å². The SMILES string of the molecule is CCC(C)(C(=O)Nc1cncc(C)c1)C(N)=S. The Morgan fingerprint density at radius 1 is 1.59 bits per heavy atom. The van der Waals surface area contributed by atoms with Gasteiger partial charge in [0.2, 0.25) is 5.91 Å². The Morgan fingerprint density at radius 2 is 2.24 bits per heavy atom. The summed E-state index contributed by atoms with van der Waals surface area (Å²) in [6.45, 7) is 5.54. The Bertz CT molecular complexity index is 447. The van der Waals surface area contributed by atoms with Crippen molar-refractivity contribution in [2.45, 2.75) is 27.2 Å². The first-order valence-corrected chi connectivity index (χ1v) is 5.84. The molecule has 1 unspecified atom stereocenters. The molecule has 0 saturated heterocycles. The van der Waals surface area contributed by atoms with Crippen molar-refractivity contribution < 1.29 is 4.79 Å². The fourth-order valence-electron chi connectivity index (χ4n) is 1.34. The molecule has 92 valence electrons. The van der Waals surface area contributed by atoms with Crippen molar-refractivity contribution in [3.63, 3.8) is 0 Å². The molecule has 0 saturated carbocycles. The normalized spacial score (nSPS) is 13.8. The lowest BCUT2D eigenvalue weighted by Gasteiger charge is -2.25. The molecule has 1 amide bonds. The predicted molar refractivity (Wildman–Crippen MR) is 72.8 cm³/mol. The van der Waals surface area contributed by atoms with E-state index in [1.807, 2.05) is 19.9 Å². The second kappa shape index (κ2) is 5.23. The first-order valence-electron chi connectivity index (χ1n) is 5.43. The van der Waals surface area contributed by atoms with Gasteiger partial charge >= 0.3 is 0 Å². The van der Waals surface area contributed by atoms with Crippen LogP contribution in [0.1, 0.15) is 25.8 Å². The molecule has 4 nitrogen and oxygen atoms in total. The number of thiocarbonyl (C=S) groups is 1. The van der Waals surface area contributed by atoms with Gasteiger partial charge in [0, 0.05) is 6.20 Å². The number of carbonyl (C=O) groups is 1. The maximum absolute atomic E-state index is 12.1. The molecular formula is C12H17N3OS. The summed E-state index contributed by atoms with van der Waals surface area (Å²) in [4.78, 5) is 16.3. The third-order valence-electron chi connectivity index (χ3n) is 2.88. The fourth-order valence-corrected chi connectivity index (χ4v) is 1.58. The van der Waals surface area contributed by atoms with Crippen molar-refractivity contribution >= 4 is 28.8 Å². The summed E-state index contributed by atoms with van der Waals surface area (Å²) in [5.41, 5.74) is 6.44. The molecule has 5 heteroatoms. The lowest BCUT2D eigenvalue weighted by atomic mass is 9.86. The summed E-state index contributed by atoms with van der Waals surface area (Å²) in [6.07, 6.45) is 3.89. The Kier molecular flexibility index (Phi) is 4.17. The number of amides is 1. The number of rotatable bonds is 4. The van der Waals surface area contributed by atoms with Crippen molar-refractivity contribution in [3.8, 4) is 0 Å². The molecule has 0 bridgehead atoms. The number of nitrogens with one attached hydrogen (secondary N) is 1. The number of pyridine rings is 1. The molecule has 0 aliphatic heterocycles. The van der Waals surface area contributed by atoms with Crippen LogP contribution in [0.5, 0.6) is 0 Å². The topological polar surface area (TPSA) is 68.0 Å². The third-order valence-corrected chi connectivity index (χ3v) is 3.34. The number of hydrogen-bond acceptors (Lipinski definition) is 3. The maximum Gasteiger partial charge on any atom is 0.237 e. The van der Waals surface area contributed by atoms with Crippen molar-refractivity contribution in [1.82, 2.24) is 4.98 Å². The van der Waals surface area contributed by atoms with Gasteiger partial charge in [0.25, 0.3) is 0 Å². The summed E-state index contributed by atoms with van der Waals surface area (Å²) in [6, 6.07) is 1.85. The summed E-state index contributed by atoms with van der Waals surface area (Å²) in [7, 11) is 0. The molecule has 0 aliphatic carbocycles. The van der Waals surface area contributed by atoms with Crippen molar-refractivity contribution in [1.29, 1.82) is 0 Å². The van der Waals surface area contributed by atoms with Crippen LogP contribution < -0.4 is 11.1 Å². The van der Waals surface area contributed by atoms with Crippen LogP contribution in [-0.2, 0) is 4.79 Å². The average Bonchev–Trinajstić information content (AvgIpc) is 2.27. The quantitative estimate of drug-likeness (QED) is 0.803. The Balaban J connectivity index is 2.89. The average molecular weight is 251 g/mol. The number of nitrogens with two attached hydrogens (primary N) is 1. The lowest BCUT2D eigenvalue weighted by Crippen LogP contribution is -2.43.